The van der Waals surface area contributed by atoms with Crippen LogP contribution in [0.25, 0.3) is 0 Å². The summed E-state index contributed by atoms with van der Waals surface area (Å²) in [6.45, 7) is 0. The summed E-state index contributed by atoms with van der Waals surface area (Å²) in [4.78, 5) is 20.1. The molecule has 0 saturated heterocycles. The molecule has 0 bridgehead atoms. The molecule has 1 N–H and O–H groups in total. The van der Waals surface area contributed by atoms with Gasteiger partial charge in [-0.2, -0.15) is 0 Å². The molecule has 1 fully saturated rings. The summed E-state index contributed by atoms with van der Waals surface area (Å²) in [6, 6.07) is 10.2. The molecule has 1 aliphatic carbocycles. The van der Waals surface area contributed by atoms with E-state index in [1.807, 2.05) is 18.2 Å². The van der Waals surface area contributed by atoms with Gasteiger partial charge in [-0.3, -0.25) is 9.78 Å². The Kier molecular flexibility index (Phi) is 3.23. The molecule has 0 aliphatic heterocycles. The summed E-state index contributed by atoms with van der Waals surface area (Å²) in [5, 5.41) is 3.07. The highest BCUT2D eigenvalue weighted by molar-refractivity contribution is 5.92. The summed E-state index contributed by atoms with van der Waals surface area (Å²) in [5.41, 5.74) is 1.52. The highest BCUT2D eigenvalue weighted by Crippen LogP contribution is 2.40. The van der Waals surface area contributed by atoms with Crippen molar-refractivity contribution in [3.05, 3.63) is 60.2 Å². The molecule has 4 heteroatoms. The number of hydrogen-bond donors (Lipinski definition) is 1. The van der Waals surface area contributed by atoms with E-state index in [1.165, 1.54) is 25.2 Å². The van der Waals surface area contributed by atoms with Gasteiger partial charge in [-0.1, -0.05) is 30.3 Å². The number of aromatic nitrogens is 2. The molecule has 1 aromatic carbocycles. The molecular weight excluding hydrogens is 238 g/mol. The van der Waals surface area contributed by atoms with Gasteiger partial charge < -0.3 is 5.32 Å². The van der Waals surface area contributed by atoms with Crippen LogP contribution in [0.1, 0.15) is 34.9 Å². The Morgan fingerprint density at radius 3 is 2.63 bits per heavy atom. The van der Waals surface area contributed by atoms with Crippen LogP contribution >= 0.6 is 0 Å². The van der Waals surface area contributed by atoms with E-state index in [4.69, 9.17) is 0 Å². The van der Waals surface area contributed by atoms with E-state index >= 15 is 0 Å². The third kappa shape index (κ3) is 2.78. The van der Waals surface area contributed by atoms with Crippen LogP contribution in [0.5, 0.6) is 0 Å². The lowest BCUT2D eigenvalue weighted by atomic mass is 10.0. The van der Waals surface area contributed by atoms with E-state index in [-0.39, 0.29) is 11.9 Å². The quantitative estimate of drug-likeness (QED) is 0.910. The first-order chi connectivity index (χ1) is 9.34. The molecule has 96 valence electrons. The number of carbonyl (C=O) groups is 1. The van der Waals surface area contributed by atoms with E-state index in [0.29, 0.717) is 11.6 Å². The number of nitrogens with one attached hydrogen (secondary N) is 1. The van der Waals surface area contributed by atoms with Crippen molar-refractivity contribution in [1.82, 2.24) is 15.3 Å². The molecule has 3 rings (SSSR count). The topological polar surface area (TPSA) is 54.9 Å². The fraction of sp³-hybridized carbons (Fsp3) is 0.267. The van der Waals surface area contributed by atoms with E-state index in [0.717, 1.165) is 5.56 Å². The molecular formula is C15H15N3O. The van der Waals surface area contributed by atoms with Crippen molar-refractivity contribution in [1.29, 1.82) is 0 Å². The number of amides is 1. The second-order valence-electron chi connectivity index (χ2n) is 4.79. The van der Waals surface area contributed by atoms with E-state index in [9.17, 15) is 4.79 Å². The number of hydrogen-bond acceptors (Lipinski definition) is 3. The van der Waals surface area contributed by atoms with Crippen molar-refractivity contribution >= 4 is 5.91 Å². The van der Waals surface area contributed by atoms with Crippen LogP contribution in [-0.4, -0.2) is 15.9 Å². The Morgan fingerprint density at radius 1 is 1.21 bits per heavy atom. The lowest BCUT2D eigenvalue weighted by Gasteiger charge is -2.18. The van der Waals surface area contributed by atoms with Crippen molar-refractivity contribution in [3.8, 4) is 0 Å². The second kappa shape index (κ2) is 5.18. The zero-order chi connectivity index (χ0) is 13.1. The largest absolute Gasteiger partial charge is 0.344 e. The maximum atomic E-state index is 12.1. The molecule has 1 saturated carbocycles. The number of nitrogens with zero attached hydrogens (tertiary/aromatic N) is 2. The third-order valence-corrected chi connectivity index (χ3v) is 3.33. The van der Waals surface area contributed by atoms with Gasteiger partial charge in [0, 0.05) is 12.4 Å². The normalized spacial score (nSPS) is 15.8. The van der Waals surface area contributed by atoms with Gasteiger partial charge in [-0.05, 0) is 24.3 Å². The predicted octanol–water partition coefficient (Wildman–Crippen LogP) is 2.36. The maximum absolute atomic E-state index is 12.1. The van der Waals surface area contributed by atoms with Crippen molar-refractivity contribution in [2.24, 2.45) is 5.92 Å². The van der Waals surface area contributed by atoms with E-state index < -0.39 is 0 Å². The summed E-state index contributed by atoms with van der Waals surface area (Å²) >= 11 is 0. The summed E-state index contributed by atoms with van der Waals surface area (Å²) < 4.78 is 0. The average Bonchev–Trinajstić information content (AvgIpc) is 3.31. The SMILES string of the molecule is O=C(N[C@@H](c1ccccc1)C1CC1)c1cnccn1. The minimum Gasteiger partial charge on any atom is -0.344 e. The van der Waals surface area contributed by atoms with Crippen LogP contribution in [0.2, 0.25) is 0 Å². The van der Waals surface area contributed by atoms with Crippen molar-refractivity contribution in [2.45, 2.75) is 18.9 Å². The molecule has 1 amide bonds. The van der Waals surface area contributed by atoms with Crippen molar-refractivity contribution in [3.63, 3.8) is 0 Å². The summed E-state index contributed by atoms with van der Waals surface area (Å²) in [7, 11) is 0. The Bertz CT molecular complexity index is 552. The molecule has 1 atom stereocenters. The lowest BCUT2D eigenvalue weighted by Crippen LogP contribution is -2.30. The predicted molar refractivity (Wildman–Crippen MR) is 71.4 cm³/mol. The van der Waals surface area contributed by atoms with Gasteiger partial charge in [0.1, 0.15) is 5.69 Å². The Labute approximate surface area is 111 Å². The van der Waals surface area contributed by atoms with Crippen LogP contribution in [0.4, 0.5) is 0 Å². The van der Waals surface area contributed by atoms with Crippen LogP contribution in [-0.2, 0) is 0 Å². The second-order valence-corrected chi connectivity index (χ2v) is 4.79. The van der Waals surface area contributed by atoms with Crippen LogP contribution in [0.15, 0.2) is 48.9 Å². The molecule has 2 aromatic rings. The monoisotopic (exact) mass is 253 g/mol. The number of rotatable bonds is 4. The van der Waals surface area contributed by atoms with Gasteiger partial charge in [-0.25, -0.2) is 4.98 Å². The molecule has 0 spiro atoms. The Hall–Kier alpha value is -2.23. The number of carbonyl (C=O) groups excluding carboxylic acids is 1. The fourth-order valence-electron chi connectivity index (χ4n) is 2.19. The Balaban J connectivity index is 1.78. The molecule has 1 aromatic heterocycles. The minimum absolute atomic E-state index is 0.0794. The zero-order valence-electron chi connectivity index (χ0n) is 10.5. The average molecular weight is 253 g/mol. The Morgan fingerprint density at radius 2 is 2.00 bits per heavy atom. The highest BCUT2D eigenvalue weighted by Gasteiger charge is 2.33. The van der Waals surface area contributed by atoms with Crippen LogP contribution in [0.3, 0.4) is 0 Å². The zero-order valence-corrected chi connectivity index (χ0v) is 10.5. The molecule has 1 aliphatic rings. The summed E-state index contributed by atoms with van der Waals surface area (Å²) in [6.07, 6.45) is 6.92. The van der Waals surface area contributed by atoms with Crippen LogP contribution < -0.4 is 5.32 Å². The van der Waals surface area contributed by atoms with Crippen molar-refractivity contribution < 1.29 is 4.79 Å². The van der Waals surface area contributed by atoms with E-state index in [1.54, 1.807) is 6.20 Å². The van der Waals surface area contributed by atoms with Crippen LogP contribution in [0, 0.1) is 5.92 Å². The highest BCUT2D eigenvalue weighted by atomic mass is 16.1. The van der Waals surface area contributed by atoms with Gasteiger partial charge in [-0.15, -0.1) is 0 Å². The standard InChI is InChI=1S/C15H15N3O/c19-15(13-10-16-8-9-17-13)18-14(12-6-7-12)11-4-2-1-3-5-11/h1-5,8-10,12,14H,6-7H2,(H,18,19)/t14-/m0/s1. The minimum atomic E-state index is -0.158. The maximum Gasteiger partial charge on any atom is 0.271 e. The van der Waals surface area contributed by atoms with E-state index in [2.05, 4.69) is 27.4 Å². The molecule has 19 heavy (non-hydrogen) atoms. The third-order valence-electron chi connectivity index (χ3n) is 3.33. The summed E-state index contributed by atoms with van der Waals surface area (Å²) in [5.74, 6) is 0.386. The van der Waals surface area contributed by atoms with Gasteiger partial charge >= 0.3 is 0 Å². The first-order valence-corrected chi connectivity index (χ1v) is 6.46. The molecule has 4 nitrogen and oxygen atoms in total. The fourth-order valence-corrected chi connectivity index (χ4v) is 2.19. The van der Waals surface area contributed by atoms with Crippen molar-refractivity contribution in [2.75, 3.05) is 0 Å². The van der Waals surface area contributed by atoms with Gasteiger partial charge in [0.05, 0.1) is 12.2 Å². The molecule has 0 radical (unpaired) electrons. The van der Waals surface area contributed by atoms with Gasteiger partial charge in [0.2, 0.25) is 0 Å². The van der Waals surface area contributed by atoms with Gasteiger partial charge in [0.15, 0.2) is 0 Å². The lowest BCUT2D eigenvalue weighted by molar-refractivity contribution is 0.0926. The smallest absolute Gasteiger partial charge is 0.271 e. The number of benzene rings is 1. The molecule has 0 unspecified atom stereocenters. The first kappa shape index (κ1) is 11.8. The molecule has 1 heterocycles. The first-order valence-electron chi connectivity index (χ1n) is 6.46. The van der Waals surface area contributed by atoms with Gasteiger partial charge in [0.25, 0.3) is 5.91 Å².